The van der Waals surface area contributed by atoms with Gasteiger partial charge in [-0.05, 0) is 48.4 Å². The smallest absolute Gasteiger partial charge is 0.330 e. The molecule has 0 saturated carbocycles. The third kappa shape index (κ3) is 5.51. The van der Waals surface area contributed by atoms with E-state index in [1.807, 2.05) is 30.3 Å². The van der Waals surface area contributed by atoms with Crippen molar-refractivity contribution < 1.29 is 19.4 Å². The van der Waals surface area contributed by atoms with Gasteiger partial charge in [-0.15, -0.1) is 0 Å². The van der Waals surface area contributed by atoms with Gasteiger partial charge in [-0.3, -0.25) is 0 Å². The SMILES string of the molecule is CCOC(=O)C=Cc1ccc(OCc2ccc(Br)cc2)c(CO)c1. The molecule has 4 nitrogen and oxygen atoms in total. The minimum absolute atomic E-state index is 0.142. The second-order valence-electron chi connectivity index (χ2n) is 5.03. The van der Waals surface area contributed by atoms with Crippen LogP contribution < -0.4 is 4.74 Å². The van der Waals surface area contributed by atoms with Crippen LogP contribution in [-0.2, 0) is 22.7 Å². The molecule has 0 bridgehead atoms. The molecule has 0 aliphatic heterocycles. The molecule has 0 aromatic heterocycles. The Balaban J connectivity index is 2.05. The van der Waals surface area contributed by atoms with Gasteiger partial charge >= 0.3 is 5.97 Å². The van der Waals surface area contributed by atoms with Gasteiger partial charge in [0.15, 0.2) is 0 Å². The number of esters is 1. The van der Waals surface area contributed by atoms with Gasteiger partial charge in [-0.25, -0.2) is 4.79 Å². The number of carbonyl (C=O) groups is 1. The average Bonchev–Trinajstić information content (AvgIpc) is 2.60. The van der Waals surface area contributed by atoms with Crippen LogP contribution in [0.15, 0.2) is 53.0 Å². The molecule has 0 radical (unpaired) electrons. The average molecular weight is 391 g/mol. The summed E-state index contributed by atoms with van der Waals surface area (Å²) >= 11 is 3.39. The van der Waals surface area contributed by atoms with Crippen molar-refractivity contribution >= 4 is 28.0 Å². The van der Waals surface area contributed by atoms with Gasteiger partial charge in [-0.2, -0.15) is 0 Å². The van der Waals surface area contributed by atoms with Crippen LogP contribution in [0.3, 0.4) is 0 Å². The van der Waals surface area contributed by atoms with E-state index in [0.717, 1.165) is 15.6 Å². The number of benzene rings is 2. The molecule has 0 fully saturated rings. The normalized spacial score (nSPS) is 10.8. The molecule has 0 unspecified atom stereocenters. The van der Waals surface area contributed by atoms with E-state index in [2.05, 4.69) is 15.9 Å². The number of ether oxygens (including phenoxy) is 2. The summed E-state index contributed by atoms with van der Waals surface area (Å²) in [5.41, 5.74) is 2.49. The monoisotopic (exact) mass is 390 g/mol. The zero-order valence-electron chi connectivity index (χ0n) is 13.4. The van der Waals surface area contributed by atoms with Gasteiger partial charge in [0.25, 0.3) is 0 Å². The molecule has 24 heavy (non-hydrogen) atoms. The number of hydrogen-bond donors (Lipinski definition) is 1. The zero-order valence-corrected chi connectivity index (χ0v) is 15.0. The quantitative estimate of drug-likeness (QED) is 0.571. The second-order valence-corrected chi connectivity index (χ2v) is 5.94. The minimum atomic E-state index is -0.390. The molecule has 2 rings (SSSR count). The van der Waals surface area contributed by atoms with Gasteiger partial charge in [-0.1, -0.05) is 34.1 Å². The molecular formula is C19H19BrO4. The van der Waals surface area contributed by atoms with Gasteiger partial charge in [0.05, 0.1) is 13.2 Å². The molecule has 2 aromatic carbocycles. The van der Waals surface area contributed by atoms with Crippen LogP contribution in [0.4, 0.5) is 0 Å². The van der Waals surface area contributed by atoms with Gasteiger partial charge in [0.1, 0.15) is 12.4 Å². The van der Waals surface area contributed by atoms with E-state index in [0.29, 0.717) is 24.5 Å². The van der Waals surface area contributed by atoms with Crippen molar-refractivity contribution in [2.75, 3.05) is 6.61 Å². The summed E-state index contributed by atoms with van der Waals surface area (Å²) in [6.07, 6.45) is 3.01. The molecule has 0 spiro atoms. The number of aliphatic hydroxyl groups excluding tert-OH is 1. The zero-order chi connectivity index (χ0) is 17.4. The van der Waals surface area contributed by atoms with Crippen molar-refractivity contribution in [2.45, 2.75) is 20.1 Å². The van der Waals surface area contributed by atoms with E-state index in [1.54, 1.807) is 25.1 Å². The maximum atomic E-state index is 11.3. The number of halogens is 1. The maximum Gasteiger partial charge on any atom is 0.330 e. The van der Waals surface area contributed by atoms with E-state index < -0.39 is 5.97 Å². The third-order valence-corrected chi connectivity index (χ3v) is 3.79. The van der Waals surface area contributed by atoms with Crippen LogP contribution in [0.5, 0.6) is 5.75 Å². The lowest BCUT2D eigenvalue weighted by atomic mass is 10.1. The molecule has 0 atom stereocenters. The van der Waals surface area contributed by atoms with Gasteiger partial charge < -0.3 is 14.6 Å². The largest absolute Gasteiger partial charge is 0.489 e. The molecule has 0 aliphatic rings. The number of rotatable bonds is 7. The summed E-state index contributed by atoms with van der Waals surface area (Å²) in [6, 6.07) is 13.2. The van der Waals surface area contributed by atoms with Crippen LogP contribution in [0, 0.1) is 0 Å². The topological polar surface area (TPSA) is 55.8 Å². The minimum Gasteiger partial charge on any atom is -0.489 e. The van der Waals surface area contributed by atoms with Crippen LogP contribution in [-0.4, -0.2) is 17.7 Å². The summed E-state index contributed by atoms with van der Waals surface area (Å²) in [5, 5.41) is 9.54. The first-order valence-corrected chi connectivity index (χ1v) is 8.37. The lowest BCUT2D eigenvalue weighted by Gasteiger charge is -2.11. The predicted molar refractivity (Wildman–Crippen MR) is 96.5 cm³/mol. The first-order chi connectivity index (χ1) is 11.6. The summed E-state index contributed by atoms with van der Waals surface area (Å²) in [4.78, 5) is 11.3. The Morgan fingerprint density at radius 3 is 2.62 bits per heavy atom. The van der Waals surface area contributed by atoms with E-state index >= 15 is 0 Å². The Hall–Kier alpha value is -2.11. The summed E-state index contributed by atoms with van der Waals surface area (Å²) in [6.45, 7) is 2.37. The van der Waals surface area contributed by atoms with Crippen LogP contribution in [0.25, 0.3) is 6.08 Å². The van der Waals surface area contributed by atoms with E-state index in [-0.39, 0.29) is 6.61 Å². The van der Waals surface area contributed by atoms with Crippen LogP contribution in [0.2, 0.25) is 0 Å². The first-order valence-electron chi connectivity index (χ1n) is 7.58. The third-order valence-electron chi connectivity index (χ3n) is 3.26. The number of carbonyl (C=O) groups excluding carboxylic acids is 1. The summed E-state index contributed by atoms with van der Waals surface area (Å²) in [5.74, 6) is 0.229. The van der Waals surface area contributed by atoms with E-state index in [9.17, 15) is 9.90 Å². The summed E-state index contributed by atoms with van der Waals surface area (Å²) < 4.78 is 11.6. The van der Waals surface area contributed by atoms with E-state index in [1.165, 1.54) is 6.08 Å². The Morgan fingerprint density at radius 2 is 1.96 bits per heavy atom. The molecular weight excluding hydrogens is 372 g/mol. The Kier molecular flexibility index (Phi) is 7.03. The van der Waals surface area contributed by atoms with E-state index in [4.69, 9.17) is 9.47 Å². The Labute approximate surface area is 149 Å². The Morgan fingerprint density at radius 1 is 1.21 bits per heavy atom. The second kappa shape index (κ2) is 9.25. The highest BCUT2D eigenvalue weighted by molar-refractivity contribution is 9.10. The molecule has 0 aliphatic carbocycles. The molecule has 2 aromatic rings. The van der Waals surface area contributed by atoms with Crippen molar-refractivity contribution in [2.24, 2.45) is 0 Å². The first kappa shape index (κ1) is 18.2. The van der Waals surface area contributed by atoms with Crippen molar-refractivity contribution in [3.8, 4) is 5.75 Å². The molecule has 0 heterocycles. The van der Waals surface area contributed by atoms with Gasteiger partial charge in [0.2, 0.25) is 0 Å². The molecule has 0 amide bonds. The van der Waals surface area contributed by atoms with Gasteiger partial charge in [0, 0.05) is 16.1 Å². The fraction of sp³-hybridized carbons (Fsp3) is 0.211. The number of aliphatic hydroxyl groups is 1. The molecule has 1 N–H and O–H groups in total. The molecule has 0 saturated heterocycles. The Bertz CT molecular complexity index is 708. The molecule has 126 valence electrons. The lowest BCUT2D eigenvalue weighted by molar-refractivity contribution is -0.137. The fourth-order valence-electron chi connectivity index (χ4n) is 2.06. The lowest BCUT2D eigenvalue weighted by Crippen LogP contribution is -2.00. The highest BCUT2D eigenvalue weighted by Crippen LogP contribution is 2.22. The van der Waals surface area contributed by atoms with Crippen LogP contribution in [0.1, 0.15) is 23.6 Å². The fourth-order valence-corrected chi connectivity index (χ4v) is 2.33. The maximum absolute atomic E-state index is 11.3. The summed E-state index contributed by atoms with van der Waals surface area (Å²) in [7, 11) is 0. The van der Waals surface area contributed by atoms with Crippen molar-refractivity contribution in [3.63, 3.8) is 0 Å². The molecule has 5 heteroatoms. The predicted octanol–water partition coefficient (Wildman–Crippen LogP) is 4.10. The highest BCUT2D eigenvalue weighted by Gasteiger charge is 2.05. The van der Waals surface area contributed by atoms with Crippen molar-refractivity contribution in [1.29, 1.82) is 0 Å². The highest BCUT2D eigenvalue weighted by atomic mass is 79.9. The van der Waals surface area contributed by atoms with Crippen molar-refractivity contribution in [1.82, 2.24) is 0 Å². The van der Waals surface area contributed by atoms with Crippen molar-refractivity contribution in [3.05, 3.63) is 69.7 Å². The standard InChI is InChI=1S/C19H19BrO4/c1-2-23-19(22)10-6-14-5-9-18(16(11-14)12-21)24-13-15-3-7-17(20)8-4-15/h3-11,21H,2,12-13H2,1H3. The number of hydrogen-bond acceptors (Lipinski definition) is 4. The van der Waals surface area contributed by atoms with Crippen LogP contribution >= 0.6 is 15.9 Å².